The average molecular weight is 297 g/mol. The number of ether oxygens (including phenoxy) is 1. The van der Waals surface area contributed by atoms with E-state index < -0.39 is 17.7 Å². The van der Waals surface area contributed by atoms with Gasteiger partial charge in [-0.1, -0.05) is 0 Å². The standard InChI is InChI=1S/C15H17F2NOS/c1-8-5-13(20-9(8)2)15(18-3)14-11(16)6-10(19-4)7-12(14)17/h5-7,15,18H,1-4H3. The van der Waals surface area contributed by atoms with Crippen LogP contribution in [0, 0.1) is 25.5 Å². The first-order valence-corrected chi connectivity index (χ1v) is 7.06. The van der Waals surface area contributed by atoms with E-state index in [1.165, 1.54) is 19.2 Å². The van der Waals surface area contributed by atoms with Crippen molar-refractivity contribution in [1.82, 2.24) is 5.32 Å². The van der Waals surface area contributed by atoms with Gasteiger partial charge in [0.25, 0.3) is 0 Å². The maximum absolute atomic E-state index is 14.2. The van der Waals surface area contributed by atoms with Gasteiger partial charge in [-0.25, -0.2) is 8.78 Å². The minimum Gasteiger partial charge on any atom is -0.497 e. The average Bonchev–Trinajstić information content (AvgIpc) is 2.73. The molecule has 0 aliphatic heterocycles. The molecule has 2 aromatic rings. The molecule has 1 unspecified atom stereocenters. The number of halogens is 2. The third-order valence-electron chi connectivity index (χ3n) is 3.34. The Morgan fingerprint density at radius 3 is 2.15 bits per heavy atom. The van der Waals surface area contributed by atoms with Crippen molar-refractivity contribution in [2.24, 2.45) is 0 Å². The molecule has 0 spiro atoms. The van der Waals surface area contributed by atoms with E-state index in [0.717, 1.165) is 15.3 Å². The van der Waals surface area contributed by atoms with Crippen molar-refractivity contribution >= 4 is 11.3 Å². The first kappa shape index (κ1) is 14.9. The summed E-state index contributed by atoms with van der Waals surface area (Å²) in [5.41, 5.74) is 1.15. The molecule has 2 rings (SSSR count). The maximum Gasteiger partial charge on any atom is 0.134 e. The van der Waals surface area contributed by atoms with Crippen LogP contribution in [0.25, 0.3) is 0 Å². The van der Waals surface area contributed by atoms with E-state index in [4.69, 9.17) is 4.74 Å². The molecule has 1 N–H and O–H groups in total. The summed E-state index contributed by atoms with van der Waals surface area (Å²) in [5.74, 6) is -1.04. The number of rotatable bonds is 4. The Labute approximate surface area is 121 Å². The fraction of sp³-hybridized carbons (Fsp3) is 0.333. The number of benzene rings is 1. The zero-order valence-corrected chi connectivity index (χ0v) is 12.7. The van der Waals surface area contributed by atoms with Gasteiger partial charge in [0.1, 0.15) is 17.4 Å². The third-order valence-corrected chi connectivity index (χ3v) is 4.55. The van der Waals surface area contributed by atoms with Gasteiger partial charge in [0, 0.05) is 27.5 Å². The molecule has 5 heteroatoms. The van der Waals surface area contributed by atoms with Crippen LogP contribution in [0.5, 0.6) is 5.75 Å². The molecule has 2 nitrogen and oxygen atoms in total. The van der Waals surface area contributed by atoms with Crippen LogP contribution in [0.2, 0.25) is 0 Å². The molecule has 0 aliphatic rings. The minimum absolute atomic E-state index is 0.0227. The fourth-order valence-corrected chi connectivity index (χ4v) is 3.29. The van der Waals surface area contributed by atoms with Gasteiger partial charge in [-0.2, -0.15) is 0 Å². The first-order chi connectivity index (χ1) is 9.47. The lowest BCUT2D eigenvalue weighted by Crippen LogP contribution is -2.19. The lowest BCUT2D eigenvalue weighted by molar-refractivity contribution is 0.403. The Kier molecular flexibility index (Phi) is 4.40. The van der Waals surface area contributed by atoms with Gasteiger partial charge in [-0.05, 0) is 32.5 Å². The fourth-order valence-electron chi connectivity index (χ4n) is 2.13. The second-order valence-electron chi connectivity index (χ2n) is 4.61. The van der Waals surface area contributed by atoms with Crippen LogP contribution in [-0.4, -0.2) is 14.2 Å². The van der Waals surface area contributed by atoms with E-state index in [1.54, 1.807) is 18.4 Å². The smallest absolute Gasteiger partial charge is 0.134 e. The number of thiophene rings is 1. The SMILES string of the molecule is CNC(c1cc(C)c(C)s1)c1c(F)cc(OC)cc1F. The number of nitrogens with one attached hydrogen (secondary N) is 1. The predicted molar refractivity (Wildman–Crippen MR) is 77.6 cm³/mol. The Morgan fingerprint density at radius 1 is 1.15 bits per heavy atom. The van der Waals surface area contributed by atoms with Gasteiger partial charge in [0.15, 0.2) is 0 Å². The van der Waals surface area contributed by atoms with E-state index in [0.29, 0.717) is 0 Å². The number of hydrogen-bond acceptors (Lipinski definition) is 3. The minimum atomic E-state index is -0.607. The molecule has 20 heavy (non-hydrogen) atoms. The molecule has 0 fully saturated rings. The summed E-state index contributed by atoms with van der Waals surface area (Å²) >= 11 is 1.54. The van der Waals surface area contributed by atoms with Crippen molar-refractivity contribution in [3.05, 3.63) is 50.7 Å². The summed E-state index contributed by atoms with van der Waals surface area (Å²) in [6, 6.07) is 3.87. The monoisotopic (exact) mass is 297 g/mol. The molecule has 1 aromatic carbocycles. The van der Waals surface area contributed by atoms with Crippen molar-refractivity contribution < 1.29 is 13.5 Å². The molecule has 0 aliphatic carbocycles. The third kappa shape index (κ3) is 2.69. The number of methoxy groups -OCH3 is 1. The van der Waals surface area contributed by atoms with Gasteiger partial charge in [0.05, 0.1) is 13.2 Å². The topological polar surface area (TPSA) is 21.3 Å². The quantitative estimate of drug-likeness (QED) is 0.922. The molecule has 1 atom stereocenters. The largest absolute Gasteiger partial charge is 0.497 e. The summed E-state index contributed by atoms with van der Waals surface area (Å²) in [7, 11) is 3.08. The van der Waals surface area contributed by atoms with Crippen molar-refractivity contribution in [2.75, 3.05) is 14.2 Å². The normalized spacial score (nSPS) is 12.5. The summed E-state index contributed by atoms with van der Waals surface area (Å²) < 4.78 is 33.2. The predicted octanol–water partition coefficient (Wildman–Crippen LogP) is 3.96. The molecule has 0 radical (unpaired) electrons. The zero-order valence-electron chi connectivity index (χ0n) is 11.9. The van der Waals surface area contributed by atoms with Crippen LogP contribution in [0.4, 0.5) is 8.78 Å². The van der Waals surface area contributed by atoms with Crippen molar-refractivity contribution in [1.29, 1.82) is 0 Å². The highest BCUT2D eigenvalue weighted by molar-refractivity contribution is 7.12. The summed E-state index contributed by atoms with van der Waals surface area (Å²) in [4.78, 5) is 2.04. The Hall–Kier alpha value is -1.46. The van der Waals surface area contributed by atoms with Crippen LogP contribution in [0.15, 0.2) is 18.2 Å². The molecule has 1 aromatic heterocycles. The summed E-state index contributed by atoms with van der Waals surface area (Å²) in [5, 5.41) is 2.98. The summed E-state index contributed by atoms with van der Waals surface area (Å²) in [6.07, 6.45) is 0. The van der Waals surface area contributed by atoms with Crippen LogP contribution in [0.3, 0.4) is 0 Å². The van der Waals surface area contributed by atoms with Crippen LogP contribution in [-0.2, 0) is 0 Å². The lowest BCUT2D eigenvalue weighted by Gasteiger charge is -2.17. The van der Waals surface area contributed by atoms with E-state index in [2.05, 4.69) is 5.32 Å². The number of hydrogen-bond donors (Lipinski definition) is 1. The van der Waals surface area contributed by atoms with Gasteiger partial charge in [-0.15, -0.1) is 11.3 Å². The Bertz CT molecular complexity index is 582. The van der Waals surface area contributed by atoms with Crippen molar-refractivity contribution in [3.63, 3.8) is 0 Å². The second kappa shape index (κ2) is 5.89. The number of aryl methyl sites for hydroxylation is 2. The van der Waals surface area contributed by atoms with Gasteiger partial charge in [0.2, 0.25) is 0 Å². The van der Waals surface area contributed by atoms with E-state index in [-0.39, 0.29) is 11.3 Å². The molecular formula is C15H17F2NOS. The maximum atomic E-state index is 14.2. The molecule has 1 heterocycles. The second-order valence-corrected chi connectivity index (χ2v) is 5.90. The van der Waals surface area contributed by atoms with Gasteiger partial charge >= 0.3 is 0 Å². The van der Waals surface area contributed by atoms with E-state index in [1.807, 2.05) is 19.9 Å². The van der Waals surface area contributed by atoms with Crippen LogP contribution in [0.1, 0.15) is 26.9 Å². The zero-order chi connectivity index (χ0) is 14.9. The van der Waals surface area contributed by atoms with Crippen LogP contribution < -0.4 is 10.1 Å². The van der Waals surface area contributed by atoms with E-state index >= 15 is 0 Å². The summed E-state index contributed by atoms with van der Waals surface area (Å²) in [6.45, 7) is 3.99. The molecule has 0 amide bonds. The molecule has 0 saturated heterocycles. The lowest BCUT2D eigenvalue weighted by atomic mass is 10.0. The van der Waals surface area contributed by atoms with Crippen LogP contribution >= 0.6 is 11.3 Å². The highest BCUT2D eigenvalue weighted by Crippen LogP contribution is 2.34. The van der Waals surface area contributed by atoms with Gasteiger partial charge in [-0.3, -0.25) is 0 Å². The molecular weight excluding hydrogens is 280 g/mol. The van der Waals surface area contributed by atoms with Crippen molar-refractivity contribution in [2.45, 2.75) is 19.9 Å². The highest BCUT2D eigenvalue weighted by Gasteiger charge is 2.23. The molecule has 0 saturated carbocycles. The Morgan fingerprint density at radius 2 is 1.75 bits per heavy atom. The molecule has 0 bridgehead atoms. The first-order valence-electron chi connectivity index (χ1n) is 6.25. The van der Waals surface area contributed by atoms with Crippen molar-refractivity contribution in [3.8, 4) is 5.75 Å². The van der Waals surface area contributed by atoms with E-state index in [9.17, 15) is 8.78 Å². The highest BCUT2D eigenvalue weighted by atomic mass is 32.1. The molecule has 108 valence electrons. The Balaban J connectivity index is 2.52. The van der Waals surface area contributed by atoms with Gasteiger partial charge < -0.3 is 10.1 Å².